The molecule has 0 bridgehead atoms. The third kappa shape index (κ3) is 6.90. The topological polar surface area (TPSA) is 52.7 Å². The molecule has 1 aliphatic heterocycles. The van der Waals surface area contributed by atoms with Crippen LogP contribution in [-0.4, -0.2) is 23.9 Å². The van der Waals surface area contributed by atoms with Crippen molar-refractivity contribution in [2.75, 3.05) is 11.9 Å². The van der Waals surface area contributed by atoms with Crippen molar-refractivity contribution in [1.29, 1.82) is 0 Å². The summed E-state index contributed by atoms with van der Waals surface area (Å²) in [6.45, 7) is 0.750. The van der Waals surface area contributed by atoms with E-state index < -0.39 is 65.7 Å². The first-order chi connectivity index (χ1) is 23.5. The highest BCUT2D eigenvalue weighted by Gasteiger charge is 2.35. The summed E-state index contributed by atoms with van der Waals surface area (Å²) in [6, 6.07) is 24.6. The molecule has 1 aliphatic rings. The number of hydrogen-bond acceptors (Lipinski definition) is 2. The molecular weight excluding hydrogens is 637 g/mol. The largest absolute Gasteiger partial charge is 0.348 e. The van der Waals surface area contributed by atoms with E-state index in [9.17, 15) is 22.8 Å². The van der Waals surface area contributed by atoms with Gasteiger partial charge in [0.25, 0.3) is 5.91 Å². The molecule has 250 valence electrons. The van der Waals surface area contributed by atoms with Crippen molar-refractivity contribution in [2.45, 2.75) is 38.9 Å². The summed E-state index contributed by atoms with van der Waals surface area (Å²) in [5.41, 5.74) is 2.31. The second-order valence-electron chi connectivity index (χ2n) is 12.1. The zero-order valence-electron chi connectivity index (χ0n) is 26.7. The molecule has 0 aliphatic carbocycles. The average molecular weight is 670 g/mol. The summed E-state index contributed by atoms with van der Waals surface area (Å²) in [4.78, 5) is 29.6. The molecule has 0 radical (unpaired) electrons. The summed E-state index contributed by atoms with van der Waals surface area (Å²) >= 11 is 0. The molecule has 5 aromatic carbocycles. The van der Waals surface area contributed by atoms with Crippen LogP contribution in [0.3, 0.4) is 0 Å². The fraction of sp³-hybridized carbons (Fsp3) is 0.179. The fourth-order valence-corrected chi connectivity index (χ4v) is 6.11. The average Bonchev–Trinajstić information content (AvgIpc) is 3.09. The molecule has 6 rings (SSSR count). The smallest absolute Gasteiger partial charge is 0.325 e. The highest BCUT2D eigenvalue weighted by atomic mass is 19.2. The predicted molar refractivity (Wildman–Crippen MR) is 177 cm³/mol. The first kappa shape index (κ1) is 33.4. The fourth-order valence-electron chi connectivity index (χ4n) is 6.11. The number of hydrogen-bond donors (Lipinski definition) is 1. The van der Waals surface area contributed by atoms with E-state index in [2.05, 4.69) is 5.32 Å². The van der Waals surface area contributed by atoms with Crippen molar-refractivity contribution in [3.05, 3.63) is 171 Å². The molecule has 0 saturated heterocycles. The van der Waals surface area contributed by atoms with Gasteiger partial charge in [-0.1, -0.05) is 66.7 Å². The van der Waals surface area contributed by atoms with Crippen molar-refractivity contribution < 1.29 is 31.5 Å². The quantitative estimate of drug-likeness (QED) is 0.160. The maximum Gasteiger partial charge on any atom is 0.325 e. The Morgan fingerprint density at radius 3 is 1.84 bits per heavy atom. The van der Waals surface area contributed by atoms with Gasteiger partial charge in [0.15, 0.2) is 0 Å². The number of benzene rings is 5. The number of halogens is 5. The van der Waals surface area contributed by atoms with Gasteiger partial charge >= 0.3 is 6.03 Å². The van der Waals surface area contributed by atoms with E-state index in [1.807, 2.05) is 60.7 Å². The van der Waals surface area contributed by atoms with E-state index in [1.165, 1.54) is 28.0 Å². The number of amides is 3. The maximum absolute atomic E-state index is 16.4. The van der Waals surface area contributed by atoms with Gasteiger partial charge < -0.3 is 10.2 Å². The molecule has 0 fully saturated rings. The second kappa shape index (κ2) is 13.9. The van der Waals surface area contributed by atoms with Gasteiger partial charge in [0, 0.05) is 55.3 Å². The summed E-state index contributed by atoms with van der Waals surface area (Å²) in [5.74, 6) is -5.66. The number of carbonyl (C=O) groups is 2. The Morgan fingerprint density at radius 1 is 0.735 bits per heavy atom. The van der Waals surface area contributed by atoms with E-state index in [4.69, 9.17) is 0 Å². The van der Waals surface area contributed by atoms with Crippen LogP contribution in [0.4, 0.5) is 32.4 Å². The Bertz CT molecular complexity index is 1950. The normalized spacial score (nSPS) is 14.2. The number of urea groups is 1. The molecule has 0 aromatic heterocycles. The van der Waals surface area contributed by atoms with Crippen LogP contribution in [0.1, 0.15) is 62.3 Å². The van der Waals surface area contributed by atoms with Crippen LogP contribution in [0.5, 0.6) is 0 Å². The lowest BCUT2D eigenvalue weighted by Crippen LogP contribution is -2.47. The summed E-state index contributed by atoms with van der Waals surface area (Å²) in [6.07, 6.45) is 0.394. The first-order valence-corrected chi connectivity index (χ1v) is 15.7. The van der Waals surface area contributed by atoms with Crippen LogP contribution in [0.15, 0.2) is 97.1 Å². The summed E-state index contributed by atoms with van der Waals surface area (Å²) < 4.78 is 74.5. The Kier molecular flexibility index (Phi) is 9.49. The molecule has 0 spiro atoms. The lowest BCUT2D eigenvalue weighted by Gasteiger charge is -2.40. The Morgan fingerprint density at radius 2 is 1.29 bits per heavy atom. The van der Waals surface area contributed by atoms with E-state index in [-0.39, 0.29) is 40.8 Å². The Hall–Kier alpha value is -5.51. The number of anilines is 1. The minimum atomic E-state index is -1.15. The number of nitrogens with one attached hydrogen (secondary N) is 1. The van der Waals surface area contributed by atoms with Gasteiger partial charge in [0.2, 0.25) is 0 Å². The number of carbonyl (C=O) groups excluding carboxylic acids is 2. The molecule has 0 unspecified atom stereocenters. The lowest BCUT2D eigenvalue weighted by atomic mass is 9.94. The summed E-state index contributed by atoms with van der Waals surface area (Å²) in [5, 5.41) is 2.42. The molecule has 1 heterocycles. The van der Waals surface area contributed by atoms with Crippen molar-refractivity contribution in [2.24, 2.45) is 0 Å². The standard InChI is InChI=1S/C39H32F5N3O2/c1-23-30-14-13-26(38(48)45-21-31-33(41)19-29(40)20-34(31)42)18-35(30)47(39(49)46(23)2)22-32-36(43)27(15-24-9-5-3-6-10-24)17-28(37(32)44)16-25-11-7-4-8-12-25/h3-14,17-20,23H,15-16,21-22H2,1-2H3,(H,45,48)/t23-/m0/s1. The number of nitrogens with zero attached hydrogens (tertiary/aromatic N) is 2. The van der Waals surface area contributed by atoms with Gasteiger partial charge in [-0.25, -0.2) is 26.7 Å². The molecule has 10 heteroatoms. The van der Waals surface area contributed by atoms with Crippen LogP contribution in [0.2, 0.25) is 0 Å². The van der Waals surface area contributed by atoms with E-state index in [0.29, 0.717) is 17.7 Å². The molecule has 1 N–H and O–H groups in total. The monoisotopic (exact) mass is 669 g/mol. The van der Waals surface area contributed by atoms with Crippen LogP contribution < -0.4 is 10.2 Å². The lowest BCUT2D eigenvalue weighted by molar-refractivity contribution is 0.0950. The van der Waals surface area contributed by atoms with Gasteiger partial charge in [0.1, 0.15) is 29.1 Å². The van der Waals surface area contributed by atoms with E-state index >= 15 is 8.78 Å². The molecule has 0 saturated carbocycles. The molecule has 5 aromatic rings. The van der Waals surface area contributed by atoms with Gasteiger partial charge in [-0.15, -0.1) is 0 Å². The third-order valence-electron chi connectivity index (χ3n) is 8.91. The SMILES string of the molecule is C[C@H]1c2ccc(C(=O)NCc3c(F)cc(F)cc3F)cc2N(Cc2c(F)c(Cc3ccccc3)cc(Cc3ccccc3)c2F)C(=O)N1C. The zero-order valence-corrected chi connectivity index (χ0v) is 26.7. The van der Waals surface area contributed by atoms with Gasteiger partial charge in [-0.3, -0.25) is 9.69 Å². The summed E-state index contributed by atoms with van der Waals surface area (Å²) in [7, 11) is 1.58. The Labute approximate surface area is 280 Å². The third-order valence-corrected chi connectivity index (χ3v) is 8.91. The van der Waals surface area contributed by atoms with Crippen LogP contribution >= 0.6 is 0 Å². The van der Waals surface area contributed by atoms with Crippen molar-refractivity contribution in [3.8, 4) is 0 Å². The number of fused-ring (bicyclic) bond motifs is 1. The predicted octanol–water partition coefficient (Wildman–Crippen LogP) is 8.63. The molecule has 1 atom stereocenters. The van der Waals surface area contributed by atoms with Crippen LogP contribution in [0, 0.1) is 29.1 Å². The molecular formula is C39H32F5N3O2. The molecule has 5 nitrogen and oxygen atoms in total. The zero-order chi connectivity index (χ0) is 34.8. The Balaban J connectivity index is 1.37. The number of rotatable bonds is 9. The van der Waals surface area contributed by atoms with E-state index in [0.717, 1.165) is 11.1 Å². The highest BCUT2D eigenvalue weighted by Crippen LogP contribution is 2.38. The first-order valence-electron chi connectivity index (χ1n) is 15.7. The van der Waals surface area contributed by atoms with Crippen molar-refractivity contribution >= 4 is 17.6 Å². The minimum Gasteiger partial charge on any atom is -0.348 e. The second-order valence-corrected chi connectivity index (χ2v) is 12.1. The minimum absolute atomic E-state index is 0.0415. The van der Waals surface area contributed by atoms with Crippen LogP contribution in [0.25, 0.3) is 0 Å². The maximum atomic E-state index is 16.4. The molecule has 49 heavy (non-hydrogen) atoms. The molecule has 3 amide bonds. The van der Waals surface area contributed by atoms with Crippen molar-refractivity contribution in [3.63, 3.8) is 0 Å². The van der Waals surface area contributed by atoms with E-state index in [1.54, 1.807) is 20.0 Å². The van der Waals surface area contributed by atoms with Crippen LogP contribution in [-0.2, 0) is 25.9 Å². The van der Waals surface area contributed by atoms with Gasteiger partial charge in [-0.05, 0) is 52.9 Å². The highest BCUT2D eigenvalue weighted by molar-refractivity contribution is 5.99. The van der Waals surface area contributed by atoms with Crippen molar-refractivity contribution in [1.82, 2.24) is 10.2 Å². The van der Waals surface area contributed by atoms with Gasteiger partial charge in [0.05, 0.1) is 18.3 Å². The van der Waals surface area contributed by atoms with Gasteiger partial charge in [-0.2, -0.15) is 0 Å².